The molecule has 0 amide bonds. The van der Waals surface area contributed by atoms with Gasteiger partial charge in [-0.3, -0.25) is 0 Å². The van der Waals surface area contributed by atoms with Crippen molar-refractivity contribution in [1.82, 2.24) is 9.80 Å². The summed E-state index contributed by atoms with van der Waals surface area (Å²) in [6.07, 6.45) is 0. The minimum atomic E-state index is 0. The van der Waals surface area contributed by atoms with Crippen molar-refractivity contribution >= 4 is 0 Å². The third-order valence-electron chi connectivity index (χ3n) is 2.71. The third-order valence-corrected chi connectivity index (χ3v) is 2.71. The molecule has 1 saturated heterocycles. The van der Waals surface area contributed by atoms with Crippen LogP contribution in [0.15, 0.2) is 0 Å². The minimum Gasteiger partial charge on any atom is -0.672 e. The van der Waals surface area contributed by atoms with E-state index in [1.54, 1.807) is 0 Å². The Labute approximate surface area is 124 Å². The Kier molecular flexibility index (Phi) is 6.90. The van der Waals surface area contributed by atoms with Crippen LogP contribution < -0.4 is 51.4 Å². The number of hydrogen-bond donors (Lipinski definition) is 0. The molecule has 0 saturated carbocycles. The van der Waals surface area contributed by atoms with Crippen molar-refractivity contribution in [2.45, 2.75) is 32.0 Å². The molecule has 1 N–H and O–H groups in total. The van der Waals surface area contributed by atoms with Crippen LogP contribution in [0.2, 0.25) is 0 Å². The van der Waals surface area contributed by atoms with Crippen LogP contribution in [0.5, 0.6) is 0 Å². The Balaban J connectivity index is 0.00000144. The molecular weight excluding hydrogens is 189 g/mol. The Bertz CT molecular complexity index is 150. The van der Waals surface area contributed by atoms with E-state index in [4.69, 9.17) is 5.73 Å². The standard InChI is InChI=1S/C9H20N3.K/c1-7(2)12-5-8(10)9(6-12)11(3)4;/h7-10H,5-6H2,1-4H3;/q-1;+1. The van der Waals surface area contributed by atoms with Gasteiger partial charge in [-0.05, 0) is 34.5 Å². The van der Waals surface area contributed by atoms with Gasteiger partial charge in [-0.1, -0.05) is 0 Å². The van der Waals surface area contributed by atoms with E-state index in [0.717, 1.165) is 13.1 Å². The maximum Gasteiger partial charge on any atom is 1.00 e. The van der Waals surface area contributed by atoms with E-state index in [0.29, 0.717) is 12.1 Å². The van der Waals surface area contributed by atoms with Gasteiger partial charge in [0.05, 0.1) is 0 Å². The predicted octanol–water partition coefficient (Wildman–Crippen LogP) is -1.93. The zero-order valence-corrected chi connectivity index (χ0v) is 12.7. The summed E-state index contributed by atoms with van der Waals surface area (Å²) in [5.74, 6) is 0. The predicted molar refractivity (Wildman–Crippen MR) is 52.3 cm³/mol. The van der Waals surface area contributed by atoms with Crippen LogP contribution in [0.4, 0.5) is 0 Å². The summed E-state index contributed by atoms with van der Waals surface area (Å²) in [6, 6.07) is 1.08. The number of likely N-dealkylation sites (N-methyl/N-ethyl adjacent to an activating group) is 1. The van der Waals surface area contributed by atoms with Gasteiger partial charge >= 0.3 is 51.4 Å². The summed E-state index contributed by atoms with van der Waals surface area (Å²) >= 11 is 0. The van der Waals surface area contributed by atoms with Crippen molar-refractivity contribution in [3.05, 3.63) is 5.73 Å². The summed E-state index contributed by atoms with van der Waals surface area (Å²) in [5, 5.41) is 0. The second-order valence-electron chi connectivity index (χ2n) is 4.19. The van der Waals surface area contributed by atoms with Crippen molar-refractivity contribution in [1.29, 1.82) is 0 Å². The van der Waals surface area contributed by atoms with E-state index in [9.17, 15) is 0 Å². The van der Waals surface area contributed by atoms with Crippen LogP contribution in [0.1, 0.15) is 13.8 Å². The first-order valence-corrected chi connectivity index (χ1v) is 4.64. The van der Waals surface area contributed by atoms with Crippen molar-refractivity contribution in [2.75, 3.05) is 27.2 Å². The zero-order valence-electron chi connectivity index (χ0n) is 9.54. The molecule has 72 valence electrons. The molecular formula is C9H20KN3. The first-order valence-electron chi connectivity index (χ1n) is 4.64. The van der Waals surface area contributed by atoms with E-state index < -0.39 is 0 Å². The van der Waals surface area contributed by atoms with Crippen LogP contribution in [0.3, 0.4) is 0 Å². The number of rotatable bonds is 2. The van der Waals surface area contributed by atoms with Gasteiger partial charge in [0.15, 0.2) is 0 Å². The fourth-order valence-corrected chi connectivity index (χ4v) is 1.76. The molecule has 13 heavy (non-hydrogen) atoms. The smallest absolute Gasteiger partial charge is 0.672 e. The van der Waals surface area contributed by atoms with Crippen LogP contribution in [-0.2, 0) is 0 Å². The maximum atomic E-state index is 7.86. The second kappa shape index (κ2) is 6.18. The fraction of sp³-hybridized carbons (Fsp3) is 1.00. The quantitative estimate of drug-likeness (QED) is 0.496. The van der Waals surface area contributed by atoms with E-state index in [2.05, 4.69) is 37.7 Å². The summed E-state index contributed by atoms with van der Waals surface area (Å²) < 4.78 is 0. The van der Waals surface area contributed by atoms with Gasteiger partial charge in [0.2, 0.25) is 0 Å². The maximum absolute atomic E-state index is 7.86. The SMILES string of the molecule is CC(C)N1CC([NH-])C(N(C)C)C1.[K+]. The fourth-order valence-electron chi connectivity index (χ4n) is 1.76. The van der Waals surface area contributed by atoms with Crippen molar-refractivity contribution in [3.8, 4) is 0 Å². The molecule has 0 bridgehead atoms. The van der Waals surface area contributed by atoms with Gasteiger partial charge in [0.1, 0.15) is 0 Å². The molecule has 2 atom stereocenters. The molecule has 4 heteroatoms. The molecule has 1 heterocycles. The zero-order chi connectivity index (χ0) is 9.30. The Morgan fingerprint density at radius 1 is 1.31 bits per heavy atom. The first kappa shape index (κ1) is 14.5. The van der Waals surface area contributed by atoms with Gasteiger partial charge in [0, 0.05) is 18.6 Å². The van der Waals surface area contributed by atoms with Crippen LogP contribution in [0, 0.1) is 0 Å². The molecule has 3 nitrogen and oxygen atoms in total. The Morgan fingerprint density at radius 2 is 1.85 bits per heavy atom. The van der Waals surface area contributed by atoms with Gasteiger partial charge in [0.25, 0.3) is 0 Å². The summed E-state index contributed by atoms with van der Waals surface area (Å²) in [5.41, 5.74) is 7.86. The number of likely N-dealkylation sites (tertiary alicyclic amines) is 1. The van der Waals surface area contributed by atoms with Crippen LogP contribution in [-0.4, -0.2) is 55.1 Å². The summed E-state index contributed by atoms with van der Waals surface area (Å²) in [4.78, 5) is 4.54. The van der Waals surface area contributed by atoms with Crippen molar-refractivity contribution in [3.63, 3.8) is 0 Å². The summed E-state index contributed by atoms with van der Waals surface area (Å²) in [7, 11) is 4.13. The normalized spacial score (nSPS) is 29.8. The minimum absolute atomic E-state index is 0. The molecule has 1 aliphatic heterocycles. The van der Waals surface area contributed by atoms with Gasteiger partial charge in [-0.15, -0.1) is 6.04 Å². The second-order valence-corrected chi connectivity index (χ2v) is 4.19. The van der Waals surface area contributed by atoms with E-state index in [1.807, 2.05) is 0 Å². The van der Waals surface area contributed by atoms with E-state index in [1.165, 1.54) is 0 Å². The van der Waals surface area contributed by atoms with Crippen molar-refractivity contribution < 1.29 is 51.4 Å². The molecule has 0 radical (unpaired) electrons. The van der Waals surface area contributed by atoms with E-state index in [-0.39, 0.29) is 57.4 Å². The molecule has 1 fully saturated rings. The largest absolute Gasteiger partial charge is 1.00 e. The van der Waals surface area contributed by atoms with Crippen molar-refractivity contribution in [2.24, 2.45) is 0 Å². The Morgan fingerprint density at radius 3 is 2.08 bits per heavy atom. The first-order chi connectivity index (χ1) is 5.52. The molecule has 1 rings (SSSR count). The Hall–Kier alpha value is 1.52. The third kappa shape index (κ3) is 3.87. The molecule has 1 aliphatic rings. The monoisotopic (exact) mass is 209 g/mol. The van der Waals surface area contributed by atoms with E-state index >= 15 is 0 Å². The molecule has 0 aliphatic carbocycles. The average molecular weight is 209 g/mol. The molecule has 2 unspecified atom stereocenters. The number of hydrogen-bond acceptors (Lipinski definition) is 2. The van der Waals surface area contributed by atoms with Crippen LogP contribution >= 0.6 is 0 Å². The molecule has 0 aromatic carbocycles. The molecule has 0 aromatic heterocycles. The molecule has 0 spiro atoms. The molecule has 0 aromatic rings. The average Bonchev–Trinajstić information content (AvgIpc) is 2.30. The van der Waals surface area contributed by atoms with Gasteiger partial charge in [-0.25, -0.2) is 0 Å². The summed E-state index contributed by atoms with van der Waals surface area (Å²) in [6.45, 7) is 6.38. The topological polar surface area (TPSA) is 30.3 Å². The number of nitrogens with zero attached hydrogens (tertiary/aromatic N) is 2. The van der Waals surface area contributed by atoms with Crippen LogP contribution in [0.25, 0.3) is 5.73 Å². The van der Waals surface area contributed by atoms with Gasteiger partial charge in [-0.2, -0.15) is 0 Å². The number of nitrogens with one attached hydrogen (secondary N) is 1. The van der Waals surface area contributed by atoms with Gasteiger partial charge < -0.3 is 15.5 Å².